The van der Waals surface area contributed by atoms with Gasteiger partial charge in [0.15, 0.2) is 11.5 Å². The average molecular weight is 784 g/mol. The zero-order valence-electron chi connectivity index (χ0n) is 29.0. The standard InChI is InChI=1S/C36H31F6N9O3S/c1-50-30-19(4-3-5-20(30)34(48-50)49-55(2,53)54)21-13-25-35(46-33(44-25)16-6-7-16)45-28(21)24(10-15-8-17(37)11-18(38)9-15)43-26(52)14-51-31-27(29(47-51)32(39)40)22-12-23(22)36(31,41)42/h3-5,8-9,11,13,16,22-24,32H,6-7,10,12,14H2,1-2H3,(H,43,52)(H,48,49)(H,44,45,46)/t22-,23+,24-/m0/s1. The van der Waals surface area contributed by atoms with Gasteiger partial charge in [0.05, 0.1) is 29.0 Å². The molecule has 3 atom stereocenters. The van der Waals surface area contributed by atoms with Crippen molar-refractivity contribution >= 4 is 43.8 Å². The molecule has 1 amide bonds. The minimum atomic E-state index is -3.73. The highest BCUT2D eigenvalue weighted by Crippen LogP contribution is 2.68. The molecule has 2 fully saturated rings. The number of para-hydroxylation sites is 1. The Morgan fingerprint density at radius 2 is 1.78 bits per heavy atom. The molecule has 0 aliphatic heterocycles. The number of anilines is 1. The first-order valence-corrected chi connectivity index (χ1v) is 19.3. The van der Waals surface area contributed by atoms with E-state index in [1.54, 1.807) is 31.3 Å². The fourth-order valence-corrected chi connectivity index (χ4v) is 8.45. The number of pyridine rings is 1. The van der Waals surface area contributed by atoms with Crippen molar-refractivity contribution in [3.05, 3.63) is 88.1 Å². The molecular weight excluding hydrogens is 753 g/mol. The number of aryl methyl sites for hydroxylation is 1. The summed E-state index contributed by atoms with van der Waals surface area (Å²) in [6.07, 6.45) is -0.530. The quantitative estimate of drug-likeness (QED) is 0.127. The summed E-state index contributed by atoms with van der Waals surface area (Å²) >= 11 is 0. The highest BCUT2D eigenvalue weighted by Gasteiger charge is 2.67. The number of rotatable bonds is 11. The van der Waals surface area contributed by atoms with E-state index in [1.165, 1.54) is 4.68 Å². The summed E-state index contributed by atoms with van der Waals surface area (Å²) in [6.45, 7) is -0.859. The third-order valence-corrected chi connectivity index (χ3v) is 11.0. The van der Waals surface area contributed by atoms with Crippen LogP contribution in [0.15, 0.2) is 42.5 Å². The topological polar surface area (TPSA) is 152 Å². The predicted molar refractivity (Wildman–Crippen MR) is 187 cm³/mol. The van der Waals surface area contributed by atoms with Gasteiger partial charge in [-0.05, 0) is 61.4 Å². The second-order valence-corrected chi connectivity index (χ2v) is 16.3. The lowest BCUT2D eigenvalue weighted by Gasteiger charge is -2.23. The van der Waals surface area contributed by atoms with Crippen molar-refractivity contribution in [1.82, 2.24) is 39.8 Å². The van der Waals surface area contributed by atoms with Crippen LogP contribution in [0.2, 0.25) is 0 Å². The number of alkyl halides is 4. The zero-order chi connectivity index (χ0) is 38.7. The van der Waals surface area contributed by atoms with Gasteiger partial charge in [0.25, 0.3) is 12.3 Å². The Morgan fingerprint density at radius 1 is 1.04 bits per heavy atom. The maximum atomic E-state index is 15.4. The first-order chi connectivity index (χ1) is 26.1. The van der Waals surface area contributed by atoms with Gasteiger partial charge in [-0.25, -0.2) is 35.9 Å². The van der Waals surface area contributed by atoms with Crippen molar-refractivity contribution in [2.24, 2.45) is 13.0 Å². The van der Waals surface area contributed by atoms with Gasteiger partial charge in [-0.15, -0.1) is 0 Å². The van der Waals surface area contributed by atoms with Crippen LogP contribution in [0.3, 0.4) is 0 Å². The minimum Gasteiger partial charge on any atom is -0.346 e. The maximum Gasteiger partial charge on any atom is 0.293 e. The third kappa shape index (κ3) is 6.17. The molecule has 286 valence electrons. The lowest BCUT2D eigenvalue weighted by Crippen LogP contribution is -2.35. The first kappa shape index (κ1) is 35.3. The van der Waals surface area contributed by atoms with E-state index in [2.05, 4.69) is 30.2 Å². The largest absolute Gasteiger partial charge is 0.346 e. The molecule has 3 aliphatic rings. The van der Waals surface area contributed by atoms with Gasteiger partial charge in [0.1, 0.15) is 35.4 Å². The van der Waals surface area contributed by atoms with Crippen LogP contribution >= 0.6 is 0 Å². The van der Waals surface area contributed by atoms with Crippen LogP contribution < -0.4 is 10.0 Å². The van der Waals surface area contributed by atoms with E-state index >= 15 is 8.78 Å². The molecule has 0 radical (unpaired) electrons. The molecule has 6 aromatic rings. The lowest BCUT2D eigenvalue weighted by atomic mass is 9.94. The molecule has 0 spiro atoms. The summed E-state index contributed by atoms with van der Waals surface area (Å²) in [5.74, 6) is -7.12. The van der Waals surface area contributed by atoms with Crippen LogP contribution in [-0.4, -0.2) is 55.1 Å². The molecule has 19 heteroatoms. The molecule has 0 bridgehead atoms. The van der Waals surface area contributed by atoms with Crippen molar-refractivity contribution < 1.29 is 39.6 Å². The fraction of sp³-hybridized carbons (Fsp3) is 0.361. The van der Waals surface area contributed by atoms with E-state index in [1.807, 2.05) is 0 Å². The number of fused-ring (bicyclic) bond motifs is 5. The lowest BCUT2D eigenvalue weighted by molar-refractivity contribution is -0.123. The number of nitrogens with one attached hydrogen (secondary N) is 3. The Labute approximate surface area is 308 Å². The van der Waals surface area contributed by atoms with Crippen molar-refractivity contribution in [1.29, 1.82) is 0 Å². The number of aromatic amines is 1. The highest BCUT2D eigenvalue weighted by atomic mass is 32.2. The number of nitrogens with zero attached hydrogens (tertiary/aromatic N) is 6. The summed E-state index contributed by atoms with van der Waals surface area (Å²) < 4.78 is 117. The van der Waals surface area contributed by atoms with Gasteiger partial charge >= 0.3 is 0 Å². The average Bonchev–Trinajstić information content (AvgIpc) is 3.98. The van der Waals surface area contributed by atoms with Gasteiger partial charge in [0.2, 0.25) is 15.9 Å². The zero-order valence-corrected chi connectivity index (χ0v) is 29.9. The van der Waals surface area contributed by atoms with Gasteiger partial charge in [-0.2, -0.15) is 19.0 Å². The Hall–Kier alpha value is -5.46. The maximum absolute atomic E-state index is 15.4. The van der Waals surface area contributed by atoms with Crippen molar-refractivity contribution in [2.45, 2.75) is 62.5 Å². The smallest absolute Gasteiger partial charge is 0.293 e. The number of H-pyrrole nitrogens is 1. The normalized spacial score (nSPS) is 19.2. The van der Waals surface area contributed by atoms with Crippen LogP contribution in [0, 0.1) is 17.6 Å². The van der Waals surface area contributed by atoms with Gasteiger partial charge in [-0.3, -0.25) is 18.9 Å². The van der Waals surface area contributed by atoms with E-state index in [-0.39, 0.29) is 47.0 Å². The van der Waals surface area contributed by atoms with E-state index < -0.39 is 75.7 Å². The van der Waals surface area contributed by atoms with Crippen LogP contribution in [-0.2, 0) is 40.8 Å². The number of hydrogen-bond donors (Lipinski definition) is 3. The molecule has 2 aromatic carbocycles. The van der Waals surface area contributed by atoms with E-state index in [4.69, 9.17) is 4.98 Å². The van der Waals surface area contributed by atoms with E-state index in [0.29, 0.717) is 44.1 Å². The molecule has 0 saturated heterocycles. The van der Waals surface area contributed by atoms with Gasteiger partial charge < -0.3 is 10.3 Å². The van der Waals surface area contributed by atoms with Crippen LogP contribution in [0.1, 0.15) is 77.6 Å². The summed E-state index contributed by atoms with van der Waals surface area (Å²) in [6, 6.07) is 8.44. The number of carbonyl (C=O) groups is 1. The number of carbonyl (C=O) groups excluding carboxylic acids is 1. The second kappa shape index (κ2) is 12.3. The second-order valence-electron chi connectivity index (χ2n) is 14.5. The summed E-state index contributed by atoms with van der Waals surface area (Å²) in [5, 5.41) is 11.4. The first-order valence-electron chi connectivity index (χ1n) is 17.4. The number of aromatic nitrogens is 7. The van der Waals surface area contributed by atoms with Crippen LogP contribution in [0.25, 0.3) is 33.2 Å². The molecule has 4 heterocycles. The molecule has 4 aromatic heterocycles. The Morgan fingerprint density at radius 3 is 2.47 bits per heavy atom. The molecule has 9 rings (SSSR count). The molecule has 3 aliphatic carbocycles. The molecule has 55 heavy (non-hydrogen) atoms. The molecule has 3 N–H and O–H groups in total. The van der Waals surface area contributed by atoms with E-state index in [0.717, 1.165) is 31.2 Å². The summed E-state index contributed by atoms with van der Waals surface area (Å²) in [5.41, 5.74) is 0.697. The molecule has 2 saturated carbocycles. The minimum absolute atomic E-state index is 0.0473. The number of hydrogen-bond acceptors (Lipinski definition) is 7. The van der Waals surface area contributed by atoms with Crippen LogP contribution in [0.5, 0.6) is 0 Å². The van der Waals surface area contributed by atoms with Crippen molar-refractivity contribution in [3.63, 3.8) is 0 Å². The van der Waals surface area contributed by atoms with Crippen LogP contribution in [0.4, 0.5) is 32.2 Å². The molecule has 0 unspecified atom stereocenters. The van der Waals surface area contributed by atoms with E-state index in [9.17, 15) is 30.8 Å². The number of amides is 1. The fourth-order valence-electron chi connectivity index (χ4n) is 7.95. The number of sulfonamides is 1. The number of halogens is 6. The third-order valence-electron chi connectivity index (χ3n) is 10.4. The molecule has 12 nitrogen and oxygen atoms in total. The van der Waals surface area contributed by atoms with Gasteiger partial charge in [0, 0.05) is 47.0 Å². The SMILES string of the molecule is Cn1nc(NS(C)(=O)=O)c2cccc(-c3cc4[nH]c(C5CC5)nc4nc3[C@H](Cc3cc(F)cc(F)c3)NC(=O)Cn3nc(C(F)F)c4c3C(F)(F)[C@@H]3C[C@H]43)c21. The summed E-state index contributed by atoms with van der Waals surface area (Å²) in [4.78, 5) is 26.8. The summed E-state index contributed by atoms with van der Waals surface area (Å²) in [7, 11) is -2.13. The van der Waals surface area contributed by atoms with Crippen molar-refractivity contribution in [2.75, 3.05) is 11.0 Å². The molecular formula is C36H31F6N9O3S. The Bertz CT molecular complexity index is 2670. The predicted octanol–water partition coefficient (Wildman–Crippen LogP) is 6.48. The Balaban J connectivity index is 1.19. The highest BCUT2D eigenvalue weighted by molar-refractivity contribution is 7.92. The van der Waals surface area contributed by atoms with Crippen molar-refractivity contribution in [3.8, 4) is 11.1 Å². The number of benzene rings is 2. The monoisotopic (exact) mass is 783 g/mol. The number of imidazole rings is 1. The Kier molecular flexibility index (Phi) is 7.87. The van der Waals surface area contributed by atoms with Gasteiger partial charge in [-0.1, -0.05) is 12.1 Å².